The van der Waals surface area contributed by atoms with Crippen LogP contribution in [0.2, 0.25) is 0 Å². The number of anilines is 1. The fourth-order valence-corrected chi connectivity index (χ4v) is 2.85. The van der Waals surface area contributed by atoms with Gasteiger partial charge in [-0.2, -0.15) is 0 Å². The number of carbonyl (C=O) groups excluding carboxylic acids is 1. The summed E-state index contributed by atoms with van der Waals surface area (Å²) in [5.74, 6) is 1.59. The quantitative estimate of drug-likeness (QED) is 0.918. The summed E-state index contributed by atoms with van der Waals surface area (Å²) in [5, 5.41) is 3.47. The Bertz CT molecular complexity index is 436. The highest BCUT2D eigenvalue weighted by molar-refractivity contribution is 5.93. The van der Waals surface area contributed by atoms with Gasteiger partial charge in [0.05, 0.1) is 5.56 Å². The first-order valence-corrected chi connectivity index (χ1v) is 7.52. The minimum atomic E-state index is -0.00983. The Morgan fingerprint density at radius 3 is 2.55 bits per heavy atom. The van der Waals surface area contributed by atoms with Gasteiger partial charge in [-0.3, -0.25) is 4.79 Å². The van der Waals surface area contributed by atoms with Gasteiger partial charge in [0.15, 0.2) is 0 Å². The first-order valence-electron chi connectivity index (χ1n) is 7.52. The molecule has 2 rings (SSSR count). The van der Waals surface area contributed by atoms with E-state index in [-0.39, 0.29) is 5.91 Å². The summed E-state index contributed by atoms with van der Waals surface area (Å²) < 4.78 is 0. The third kappa shape index (κ3) is 3.71. The number of nitrogens with zero attached hydrogens (tertiary/aromatic N) is 2. The van der Waals surface area contributed by atoms with Crippen LogP contribution >= 0.6 is 0 Å². The number of aromatic nitrogens is 1. The molecule has 0 radical (unpaired) electrons. The molecular weight excluding hydrogens is 250 g/mol. The first kappa shape index (κ1) is 14.8. The molecule has 110 valence electrons. The third-order valence-electron chi connectivity index (χ3n) is 4.15. The molecule has 4 nitrogen and oxygen atoms in total. The van der Waals surface area contributed by atoms with Gasteiger partial charge >= 0.3 is 0 Å². The van der Waals surface area contributed by atoms with E-state index in [1.54, 1.807) is 25.2 Å². The van der Waals surface area contributed by atoms with Crippen LogP contribution in [0.5, 0.6) is 0 Å². The van der Waals surface area contributed by atoms with Crippen molar-refractivity contribution in [2.24, 2.45) is 5.92 Å². The Morgan fingerprint density at radius 2 is 2.00 bits per heavy atom. The van der Waals surface area contributed by atoms with Gasteiger partial charge in [0.25, 0.3) is 5.91 Å². The predicted molar refractivity (Wildman–Crippen MR) is 81.9 cm³/mol. The van der Waals surface area contributed by atoms with Crippen LogP contribution in [-0.2, 0) is 0 Å². The van der Waals surface area contributed by atoms with Crippen LogP contribution in [0.15, 0.2) is 18.3 Å². The van der Waals surface area contributed by atoms with E-state index in [2.05, 4.69) is 17.2 Å². The lowest BCUT2D eigenvalue weighted by molar-refractivity contribution is 0.0827. The SMILES string of the molecule is CC(Nc1ccc(C(=O)N(C)C)cn1)C1CCCCC1. The zero-order valence-electron chi connectivity index (χ0n) is 12.7. The van der Waals surface area contributed by atoms with Crippen molar-refractivity contribution in [1.29, 1.82) is 0 Å². The molecule has 0 bridgehead atoms. The predicted octanol–water partition coefficient (Wildman–Crippen LogP) is 3.16. The van der Waals surface area contributed by atoms with Gasteiger partial charge in [0.2, 0.25) is 0 Å². The van der Waals surface area contributed by atoms with E-state index in [4.69, 9.17) is 0 Å². The highest BCUT2D eigenvalue weighted by Crippen LogP contribution is 2.27. The summed E-state index contributed by atoms with van der Waals surface area (Å²) in [5.41, 5.74) is 0.630. The number of rotatable bonds is 4. The fraction of sp³-hybridized carbons (Fsp3) is 0.625. The van der Waals surface area contributed by atoms with Crippen molar-refractivity contribution in [2.75, 3.05) is 19.4 Å². The minimum Gasteiger partial charge on any atom is -0.367 e. The van der Waals surface area contributed by atoms with Crippen molar-refractivity contribution in [1.82, 2.24) is 9.88 Å². The number of carbonyl (C=O) groups is 1. The summed E-state index contributed by atoms with van der Waals surface area (Å²) in [6.07, 6.45) is 8.35. The molecule has 0 saturated heterocycles. The Balaban J connectivity index is 1.94. The maximum Gasteiger partial charge on any atom is 0.254 e. The van der Waals surface area contributed by atoms with Gasteiger partial charge in [-0.05, 0) is 37.8 Å². The van der Waals surface area contributed by atoms with Crippen molar-refractivity contribution < 1.29 is 4.79 Å². The van der Waals surface area contributed by atoms with Crippen molar-refractivity contribution in [3.63, 3.8) is 0 Å². The molecule has 1 unspecified atom stereocenters. The summed E-state index contributed by atoms with van der Waals surface area (Å²) in [4.78, 5) is 17.7. The number of amides is 1. The monoisotopic (exact) mass is 275 g/mol. The highest BCUT2D eigenvalue weighted by atomic mass is 16.2. The van der Waals surface area contributed by atoms with E-state index in [1.165, 1.54) is 32.1 Å². The molecule has 1 N–H and O–H groups in total. The zero-order chi connectivity index (χ0) is 14.5. The lowest BCUT2D eigenvalue weighted by Crippen LogP contribution is -2.28. The second-order valence-corrected chi connectivity index (χ2v) is 5.96. The minimum absolute atomic E-state index is 0.00983. The van der Waals surface area contributed by atoms with Gasteiger partial charge in [0.1, 0.15) is 5.82 Å². The molecule has 0 aliphatic heterocycles. The van der Waals surface area contributed by atoms with E-state index in [0.717, 1.165) is 11.7 Å². The number of hydrogen-bond donors (Lipinski definition) is 1. The maximum atomic E-state index is 11.8. The molecule has 1 aromatic heterocycles. The molecule has 1 amide bonds. The van der Waals surface area contributed by atoms with Crippen LogP contribution in [0.3, 0.4) is 0 Å². The fourth-order valence-electron chi connectivity index (χ4n) is 2.85. The molecule has 20 heavy (non-hydrogen) atoms. The Kier molecular flexibility index (Phi) is 4.99. The number of pyridine rings is 1. The average Bonchev–Trinajstić information content (AvgIpc) is 2.48. The van der Waals surface area contributed by atoms with Gasteiger partial charge in [-0.1, -0.05) is 19.3 Å². The van der Waals surface area contributed by atoms with Gasteiger partial charge < -0.3 is 10.2 Å². The second kappa shape index (κ2) is 6.73. The standard InChI is InChI=1S/C16H25N3O/c1-12(13-7-5-4-6-8-13)18-15-10-9-14(11-17-15)16(20)19(2)3/h9-13H,4-8H2,1-3H3,(H,17,18). The third-order valence-corrected chi connectivity index (χ3v) is 4.15. The first-order chi connectivity index (χ1) is 9.58. The molecule has 1 heterocycles. The summed E-state index contributed by atoms with van der Waals surface area (Å²) >= 11 is 0. The van der Waals surface area contributed by atoms with Crippen LogP contribution in [0.4, 0.5) is 5.82 Å². The van der Waals surface area contributed by atoms with Gasteiger partial charge in [-0.25, -0.2) is 4.98 Å². The van der Waals surface area contributed by atoms with E-state index in [9.17, 15) is 4.79 Å². The average molecular weight is 275 g/mol. The van der Waals surface area contributed by atoms with E-state index < -0.39 is 0 Å². The zero-order valence-corrected chi connectivity index (χ0v) is 12.7. The van der Waals surface area contributed by atoms with Crippen molar-refractivity contribution >= 4 is 11.7 Å². The van der Waals surface area contributed by atoms with Crippen molar-refractivity contribution in [2.45, 2.75) is 45.1 Å². The summed E-state index contributed by atoms with van der Waals surface area (Å²) in [6.45, 7) is 2.23. The van der Waals surface area contributed by atoms with Crippen LogP contribution in [0.1, 0.15) is 49.4 Å². The van der Waals surface area contributed by atoms with Crippen LogP contribution < -0.4 is 5.32 Å². The summed E-state index contributed by atoms with van der Waals surface area (Å²) in [6, 6.07) is 4.18. The molecule has 4 heteroatoms. The van der Waals surface area contributed by atoms with Crippen molar-refractivity contribution in [3.8, 4) is 0 Å². The lowest BCUT2D eigenvalue weighted by atomic mass is 9.84. The molecule has 1 aliphatic carbocycles. The Labute approximate surface area is 121 Å². The second-order valence-electron chi connectivity index (χ2n) is 5.96. The van der Waals surface area contributed by atoms with Gasteiger partial charge in [-0.15, -0.1) is 0 Å². The maximum absolute atomic E-state index is 11.8. The molecular formula is C16H25N3O. The Hall–Kier alpha value is -1.58. The Morgan fingerprint density at radius 1 is 1.30 bits per heavy atom. The molecule has 0 spiro atoms. The normalized spacial score (nSPS) is 17.6. The smallest absolute Gasteiger partial charge is 0.254 e. The van der Waals surface area contributed by atoms with Crippen LogP contribution in [0.25, 0.3) is 0 Å². The van der Waals surface area contributed by atoms with Crippen LogP contribution in [-0.4, -0.2) is 35.9 Å². The number of nitrogens with one attached hydrogen (secondary N) is 1. The molecule has 1 atom stereocenters. The molecule has 0 aromatic carbocycles. The van der Waals surface area contributed by atoms with Crippen molar-refractivity contribution in [3.05, 3.63) is 23.9 Å². The topological polar surface area (TPSA) is 45.2 Å². The van der Waals surface area contributed by atoms with E-state index in [0.29, 0.717) is 11.6 Å². The van der Waals surface area contributed by atoms with Crippen LogP contribution in [0, 0.1) is 5.92 Å². The van der Waals surface area contributed by atoms with E-state index >= 15 is 0 Å². The molecule has 1 fully saturated rings. The molecule has 1 aliphatic rings. The van der Waals surface area contributed by atoms with E-state index in [1.807, 2.05) is 12.1 Å². The molecule has 1 aromatic rings. The lowest BCUT2D eigenvalue weighted by Gasteiger charge is -2.28. The largest absolute Gasteiger partial charge is 0.367 e. The highest BCUT2D eigenvalue weighted by Gasteiger charge is 2.20. The summed E-state index contributed by atoms with van der Waals surface area (Å²) in [7, 11) is 3.50. The number of hydrogen-bond acceptors (Lipinski definition) is 3. The van der Waals surface area contributed by atoms with Gasteiger partial charge in [0, 0.05) is 26.3 Å². The molecule has 1 saturated carbocycles.